The van der Waals surface area contributed by atoms with E-state index >= 15 is 0 Å². The molecule has 17 heavy (non-hydrogen) atoms. The van der Waals surface area contributed by atoms with Crippen LogP contribution in [-0.2, 0) is 6.54 Å². The zero-order valence-electron chi connectivity index (χ0n) is 9.41. The van der Waals surface area contributed by atoms with E-state index in [0.29, 0.717) is 12.2 Å². The summed E-state index contributed by atoms with van der Waals surface area (Å²) in [6.07, 6.45) is -0.345. The maximum absolute atomic E-state index is 12.2. The van der Waals surface area contributed by atoms with Gasteiger partial charge in [0.15, 0.2) is 0 Å². The van der Waals surface area contributed by atoms with Crippen LogP contribution in [0, 0.1) is 0 Å². The van der Waals surface area contributed by atoms with Crippen LogP contribution < -0.4 is 0 Å². The second-order valence-corrected chi connectivity index (χ2v) is 4.41. The zero-order chi connectivity index (χ0) is 12.3. The highest BCUT2D eigenvalue weighted by Gasteiger charge is 2.31. The number of nitrogens with zero attached hydrogens (tertiary/aromatic N) is 2. The van der Waals surface area contributed by atoms with E-state index in [4.69, 9.17) is 4.52 Å². The highest BCUT2D eigenvalue weighted by Crippen LogP contribution is 2.28. The first-order valence-electron chi connectivity index (χ1n) is 5.75. The van der Waals surface area contributed by atoms with Gasteiger partial charge in [-0.2, -0.15) is 13.2 Å². The summed E-state index contributed by atoms with van der Waals surface area (Å²) in [6, 6.07) is 1.97. The average Bonchev–Trinajstić information content (AvgIpc) is 2.62. The summed E-state index contributed by atoms with van der Waals surface area (Å²) in [4.78, 5) is 1.86. The van der Waals surface area contributed by atoms with Crippen LogP contribution in [0.5, 0.6) is 0 Å². The second kappa shape index (κ2) is 5.08. The fraction of sp³-hybridized carbons (Fsp3) is 0.727. The Morgan fingerprint density at radius 1 is 1.41 bits per heavy atom. The zero-order valence-corrected chi connectivity index (χ0v) is 9.41. The molecule has 6 heteroatoms. The summed E-state index contributed by atoms with van der Waals surface area (Å²) >= 11 is 0. The van der Waals surface area contributed by atoms with Crippen molar-refractivity contribution < 1.29 is 17.7 Å². The lowest BCUT2D eigenvalue weighted by molar-refractivity contribution is -0.140. The van der Waals surface area contributed by atoms with Crippen molar-refractivity contribution >= 4 is 0 Å². The van der Waals surface area contributed by atoms with E-state index < -0.39 is 12.6 Å². The van der Waals surface area contributed by atoms with E-state index in [1.807, 2.05) is 4.90 Å². The molecule has 2 rings (SSSR count). The van der Waals surface area contributed by atoms with Gasteiger partial charge in [-0.1, -0.05) is 11.6 Å². The molecule has 0 amide bonds. The van der Waals surface area contributed by atoms with Crippen molar-refractivity contribution in [2.75, 3.05) is 6.54 Å². The molecule has 1 aliphatic carbocycles. The van der Waals surface area contributed by atoms with E-state index in [1.54, 1.807) is 6.07 Å². The van der Waals surface area contributed by atoms with Crippen LogP contribution in [-0.4, -0.2) is 28.8 Å². The van der Waals surface area contributed by atoms with E-state index in [9.17, 15) is 13.2 Å². The number of aromatic nitrogens is 1. The van der Waals surface area contributed by atoms with Crippen LogP contribution in [0.2, 0.25) is 0 Å². The molecular formula is C11H15F3N2O. The van der Waals surface area contributed by atoms with Crippen LogP contribution in [0.3, 0.4) is 0 Å². The van der Waals surface area contributed by atoms with Gasteiger partial charge in [0.1, 0.15) is 6.26 Å². The molecule has 0 radical (unpaired) electrons. The highest BCUT2D eigenvalue weighted by molar-refractivity contribution is 4.96. The van der Waals surface area contributed by atoms with Crippen molar-refractivity contribution in [2.24, 2.45) is 0 Å². The van der Waals surface area contributed by atoms with Gasteiger partial charge < -0.3 is 4.52 Å². The van der Waals surface area contributed by atoms with Gasteiger partial charge >= 0.3 is 6.18 Å². The third-order valence-corrected chi connectivity index (χ3v) is 3.13. The van der Waals surface area contributed by atoms with Crippen molar-refractivity contribution in [1.29, 1.82) is 0 Å². The fourth-order valence-corrected chi connectivity index (χ4v) is 1.94. The molecule has 0 atom stereocenters. The molecule has 1 fully saturated rings. The van der Waals surface area contributed by atoms with Crippen molar-refractivity contribution in [3.8, 4) is 0 Å². The Balaban J connectivity index is 1.89. The first-order valence-corrected chi connectivity index (χ1v) is 5.75. The molecule has 0 spiro atoms. The SMILES string of the molecule is FC(F)(F)CCN(Cc1ccon1)C1CCC1. The molecule has 1 saturated carbocycles. The molecule has 3 nitrogen and oxygen atoms in total. The van der Waals surface area contributed by atoms with Gasteiger partial charge in [0.2, 0.25) is 0 Å². The smallest absolute Gasteiger partial charge is 0.364 e. The molecule has 0 aromatic carbocycles. The van der Waals surface area contributed by atoms with Gasteiger partial charge in [0, 0.05) is 25.2 Å². The van der Waals surface area contributed by atoms with E-state index in [-0.39, 0.29) is 12.6 Å². The quantitative estimate of drug-likeness (QED) is 0.802. The Morgan fingerprint density at radius 3 is 2.65 bits per heavy atom. The fourth-order valence-electron chi connectivity index (χ4n) is 1.94. The normalized spacial score (nSPS) is 17.4. The number of rotatable bonds is 5. The summed E-state index contributed by atoms with van der Waals surface area (Å²) in [6.45, 7) is 0.484. The second-order valence-electron chi connectivity index (χ2n) is 4.41. The Labute approximate surface area is 97.6 Å². The first-order chi connectivity index (χ1) is 8.04. The molecule has 1 heterocycles. The van der Waals surface area contributed by atoms with Crippen molar-refractivity contribution in [3.63, 3.8) is 0 Å². The number of halogens is 3. The van der Waals surface area contributed by atoms with Gasteiger partial charge in [-0.25, -0.2) is 0 Å². The van der Waals surface area contributed by atoms with Gasteiger partial charge in [-0.3, -0.25) is 4.90 Å². The maximum Gasteiger partial charge on any atom is 0.390 e. The van der Waals surface area contributed by atoms with Crippen molar-refractivity contribution in [3.05, 3.63) is 18.0 Å². The van der Waals surface area contributed by atoms with E-state index in [1.165, 1.54) is 6.26 Å². The Hall–Kier alpha value is -1.04. The van der Waals surface area contributed by atoms with E-state index in [0.717, 1.165) is 19.3 Å². The molecule has 0 aliphatic heterocycles. The first kappa shape index (κ1) is 12.4. The lowest BCUT2D eigenvalue weighted by atomic mass is 9.91. The van der Waals surface area contributed by atoms with Crippen molar-refractivity contribution in [1.82, 2.24) is 10.1 Å². The summed E-state index contributed by atoms with van der Waals surface area (Å²) in [5.74, 6) is 0. The van der Waals surface area contributed by atoms with Gasteiger partial charge in [0.25, 0.3) is 0 Å². The Morgan fingerprint density at radius 2 is 2.18 bits per heavy atom. The highest BCUT2D eigenvalue weighted by atomic mass is 19.4. The molecule has 96 valence electrons. The topological polar surface area (TPSA) is 29.3 Å². The molecule has 0 saturated heterocycles. The van der Waals surface area contributed by atoms with E-state index in [2.05, 4.69) is 5.16 Å². The average molecular weight is 248 g/mol. The summed E-state index contributed by atoms with van der Waals surface area (Å²) in [5, 5.41) is 3.74. The molecule has 1 aromatic heterocycles. The van der Waals surface area contributed by atoms with Crippen LogP contribution in [0.15, 0.2) is 16.9 Å². The molecular weight excluding hydrogens is 233 g/mol. The minimum absolute atomic E-state index is 0.0427. The number of hydrogen-bond donors (Lipinski definition) is 0. The molecule has 1 aromatic rings. The standard InChI is InChI=1S/C11H15F3N2O/c12-11(13,14)5-6-16(10-2-1-3-10)8-9-4-7-17-15-9/h4,7,10H,1-3,5-6,8H2. The molecule has 1 aliphatic rings. The van der Waals surface area contributed by atoms with Crippen LogP contribution in [0.1, 0.15) is 31.4 Å². The Kier molecular flexibility index (Phi) is 3.71. The third-order valence-electron chi connectivity index (χ3n) is 3.13. The number of alkyl halides is 3. The largest absolute Gasteiger partial charge is 0.390 e. The molecule has 0 bridgehead atoms. The van der Waals surface area contributed by atoms with Crippen molar-refractivity contribution in [2.45, 2.75) is 44.4 Å². The lowest BCUT2D eigenvalue weighted by Crippen LogP contribution is -2.41. The minimum Gasteiger partial charge on any atom is -0.364 e. The van der Waals surface area contributed by atoms with Crippen LogP contribution in [0.4, 0.5) is 13.2 Å². The summed E-state index contributed by atoms with van der Waals surface area (Å²) < 4.78 is 41.4. The van der Waals surface area contributed by atoms with Gasteiger partial charge in [0.05, 0.1) is 12.1 Å². The minimum atomic E-state index is -4.09. The molecule has 0 N–H and O–H groups in total. The summed E-state index contributed by atoms with van der Waals surface area (Å²) in [7, 11) is 0. The Bertz CT molecular complexity index is 333. The maximum atomic E-state index is 12.2. The summed E-state index contributed by atoms with van der Waals surface area (Å²) in [5.41, 5.74) is 0.694. The van der Waals surface area contributed by atoms with Crippen LogP contribution >= 0.6 is 0 Å². The predicted octanol–water partition coefficient (Wildman–Crippen LogP) is 2.98. The predicted molar refractivity (Wildman–Crippen MR) is 55.2 cm³/mol. The van der Waals surface area contributed by atoms with Crippen LogP contribution in [0.25, 0.3) is 0 Å². The molecule has 0 unspecified atom stereocenters. The van der Waals surface area contributed by atoms with Gasteiger partial charge in [-0.05, 0) is 12.8 Å². The monoisotopic (exact) mass is 248 g/mol. The number of hydrogen-bond acceptors (Lipinski definition) is 3. The van der Waals surface area contributed by atoms with Gasteiger partial charge in [-0.15, -0.1) is 0 Å². The third kappa shape index (κ3) is 3.73. The lowest BCUT2D eigenvalue weighted by Gasteiger charge is -2.37.